The fourth-order valence-corrected chi connectivity index (χ4v) is 1.65. The molecular formula is C15H18ClN3O. The van der Waals surface area contributed by atoms with Crippen molar-refractivity contribution in [3.8, 4) is 0 Å². The van der Waals surface area contributed by atoms with E-state index >= 15 is 0 Å². The van der Waals surface area contributed by atoms with E-state index < -0.39 is 0 Å². The Morgan fingerprint density at radius 1 is 1.00 bits per heavy atom. The minimum atomic E-state index is 0. The maximum Gasteiger partial charge on any atom is 0.122 e. The molecular weight excluding hydrogens is 274 g/mol. The summed E-state index contributed by atoms with van der Waals surface area (Å²) in [4.78, 5) is 5.38. The number of nitrogens with one attached hydrogen (secondary N) is 2. The summed E-state index contributed by atoms with van der Waals surface area (Å²) in [6.45, 7) is 1.15. The first-order valence-corrected chi connectivity index (χ1v) is 6.07. The normalized spacial score (nSPS) is 9.80. The summed E-state index contributed by atoms with van der Waals surface area (Å²) in [6, 6.07) is 17.5. The largest absolute Gasteiger partial charge is 0.384 e. The molecule has 0 atom stereocenters. The Balaban J connectivity index is 0.00000200. The van der Waals surface area contributed by atoms with Crippen LogP contribution in [0.5, 0.6) is 0 Å². The van der Waals surface area contributed by atoms with Crippen LogP contribution in [-0.4, -0.2) is 5.84 Å². The number of hydroxylamine groups is 1. The fourth-order valence-electron chi connectivity index (χ4n) is 1.65. The Bertz CT molecular complexity index is 529. The highest BCUT2D eigenvalue weighted by atomic mass is 35.5. The summed E-state index contributed by atoms with van der Waals surface area (Å²) in [6.07, 6.45) is 0. The summed E-state index contributed by atoms with van der Waals surface area (Å²) in [5.41, 5.74) is 11.2. The van der Waals surface area contributed by atoms with E-state index in [1.807, 2.05) is 54.6 Å². The summed E-state index contributed by atoms with van der Waals surface area (Å²) in [7, 11) is 0. The van der Waals surface area contributed by atoms with Crippen molar-refractivity contribution in [1.29, 1.82) is 5.41 Å². The second-order valence-electron chi connectivity index (χ2n) is 4.21. The van der Waals surface area contributed by atoms with Gasteiger partial charge < -0.3 is 5.73 Å². The predicted molar refractivity (Wildman–Crippen MR) is 82.8 cm³/mol. The van der Waals surface area contributed by atoms with E-state index in [0.29, 0.717) is 13.2 Å². The highest BCUT2D eigenvalue weighted by Crippen LogP contribution is 2.04. The van der Waals surface area contributed by atoms with Crippen molar-refractivity contribution < 1.29 is 4.84 Å². The van der Waals surface area contributed by atoms with Gasteiger partial charge in [0.15, 0.2) is 0 Å². The van der Waals surface area contributed by atoms with Crippen LogP contribution in [0.4, 0.5) is 0 Å². The van der Waals surface area contributed by atoms with Crippen LogP contribution in [0.15, 0.2) is 54.6 Å². The highest BCUT2D eigenvalue weighted by Gasteiger charge is 1.97. The van der Waals surface area contributed by atoms with Crippen LogP contribution in [0.25, 0.3) is 0 Å². The average Bonchev–Trinajstić information content (AvgIpc) is 2.45. The van der Waals surface area contributed by atoms with Crippen LogP contribution in [0.2, 0.25) is 0 Å². The van der Waals surface area contributed by atoms with E-state index in [0.717, 1.165) is 16.7 Å². The molecule has 106 valence electrons. The van der Waals surface area contributed by atoms with Crippen molar-refractivity contribution in [3.63, 3.8) is 0 Å². The minimum absolute atomic E-state index is 0. The lowest BCUT2D eigenvalue weighted by atomic mass is 10.1. The third-order valence-electron chi connectivity index (χ3n) is 2.72. The topological polar surface area (TPSA) is 71.1 Å². The molecule has 0 aliphatic rings. The first kappa shape index (κ1) is 16.2. The summed E-state index contributed by atoms with van der Waals surface area (Å²) >= 11 is 0. The molecule has 2 aromatic carbocycles. The van der Waals surface area contributed by atoms with E-state index in [4.69, 9.17) is 16.0 Å². The third kappa shape index (κ3) is 5.01. The van der Waals surface area contributed by atoms with Gasteiger partial charge >= 0.3 is 0 Å². The first-order valence-electron chi connectivity index (χ1n) is 6.07. The number of rotatable bonds is 6. The van der Waals surface area contributed by atoms with Crippen LogP contribution in [0.3, 0.4) is 0 Å². The quantitative estimate of drug-likeness (QED) is 0.332. The lowest BCUT2D eigenvalue weighted by Gasteiger charge is -2.06. The lowest BCUT2D eigenvalue weighted by molar-refractivity contribution is 0.0235. The number of nitrogens with two attached hydrogens (primary N) is 1. The monoisotopic (exact) mass is 291 g/mol. The molecule has 0 aliphatic carbocycles. The average molecular weight is 292 g/mol. The maximum absolute atomic E-state index is 7.31. The van der Waals surface area contributed by atoms with Gasteiger partial charge in [0.05, 0.1) is 6.61 Å². The number of hydrogen-bond acceptors (Lipinski definition) is 3. The number of benzene rings is 2. The molecule has 5 heteroatoms. The van der Waals surface area contributed by atoms with Gasteiger partial charge in [-0.05, 0) is 11.1 Å². The molecule has 20 heavy (non-hydrogen) atoms. The Hall–Kier alpha value is -1.88. The molecule has 0 saturated heterocycles. The summed E-state index contributed by atoms with van der Waals surface area (Å²) in [5.74, 6) is 0.0832. The molecule has 0 aliphatic heterocycles. The number of nitrogen functional groups attached to an aromatic ring is 1. The molecule has 0 saturated carbocycles. The van der Waals surface area contributed by atoms with Crippen LogP contribution in [0.1, 0.15) is 16.7 Å². The van der Waals surface area contributed by atoms with Crippen LogP contribution < -0.4 is 11.2 Å². The van der Waals surface area contributed by atoms with Crippen molar-refractivity contribution in [3.05, 3.63) is 71.3 Å². The van der Waals surface area contributed by atoms with Crippen molar-refractivity contribution in [2.24, 2.45) is 5.73 Å². The number of amidine groups is 1. The molecule has 0 aromatic heterocycles. The highest BCUT2D eigenvalue weighted by molar-refractivity contribution is 5.94. The number of halogens is 1. The fraction of sp³-hybridized carbons (Fsp3) is 0.133. The van der Waals surface area contributed by atoms with Crippen LogP contribution in [-0.2, 0) is 18.0 Å². The van der Waals surface area contributed by atoms with Gasteiger partial charge in [-0.25, -0.2) is 0 Å². The Morgan fingerprint density at radius 2 is 1.65 bits per heavy atom. The smallest absolute Gasteiger partial charge is 0.122 e. The molecule has 0 bridgehead atoms. The predicted octanol–water partition coefficient (Wildman–Crippen LogP) is 2.61. The molecule has 4 nitrogen and oxygen atoms in total. The molecule has 4 N–H and O–H groups in total. The molecule has 0 spiro atoms. The van der Waals surface area contributed by atoms with Gasteiger partial charge in [0.2, 0.25) is 0 Å². The van der Waals surface area contributed by atoms with Gasteiger partial charge in [-0.1, -0.05) is 54.6 Å². The standard InChI is InChI=1S/C15H17N3O.ClH/c16-15(17)14-8-6-12(7-9-14)10-18-19-11-13-4-2-1-3-5-13;/h1-9,18H,10-11H2,(H3,16,17);1H. The Labute approximate surface area is 124 Å². The van der Waals surface area contributed by atoms with Crippen molar-refractivity contribution in [2.45, 2.75) is 13.2 Å². The van der Waals surface area contributed by atoms with Gasteiger partial charge in [-0.3, -0.25) is 10.2 Å². The van der Waals surface area contributed by atoms with Gasteiger partial charge in [0.25, 0.3) is 0 Å². The molecule has 0 amide bonds. The second kappa shape index (κ2) is 8.32. The van der Waals surface area contributed by atoms with Crippen LogP contribution >= 0.6 is 12.4 Å². The first-order chi connectivity index (χ1) is 9.25. The van der Waals surface area contributed by atoms with Gasteiger partial charge in [0, 0.05) is 12.1 Å². The number of hydrogen-bond donors (Lipinski definition) is 3. The van der Waals surface area contributed by atoms with Crippen molar-refractivity contribution in [1.82, 2.24) is 5.48 Å². The van der Waals surface area contributed by atoms with Crippen molar-refractivity contribution >= 4 is 18.2 Å². The van der Waals surface area contributed by atoms with Crippen LogP contribution in [0, 0.1) is 5.41 Å². The van der Waals surface area contributed by atoms with E-state index in [2.05, 4.69) is 5.48 Å². The zero-order valence-electron chi connectivity index (χ0n) is 11.0. The Kier molecular flexibility index (Phi) is 6.73. The lowest BCUT2D eigenvalue weighted by Crippen LogP contribution is -2.14. The molecule has 0 radical (unpaired) electrons. The summed E-state index contributed by atoms with van der Waals surface area (Å²) in [5, 5.41) is 7.31. The van der Waals surface area contributed by atoms with E-state index in [1.54, 1.807) is 0 Å². The van der Waals surface area contributed by atoms with E-state index in [9.17, 15) is 0 Å². The van der Waals surface area contributed by atoms with Gasteiger partial charge in [0.1, 0.15) is 5.84 Å². The molecule has 2 rings (SSSR count). The Morgan fingerprint density at radius 3 is 2.25 bits per heavy atom. The molecule has 0 heterocycles. The van der Waals surface area contributed by atoms with Crippen molar-refractivity contribution in [2.75, 3.05) is 0 Å². The van der Waals surface area contributed by atoms with Gasteiger partial charge in [-0.2, -0.15) is 5.48 Å². The maximum atomic E-state index is 7.31. The SMILES string of the molecule is Cl.N=C(N)c1ccc(CNOCc2ccccc2)cc1. The third-order valence-corrected chi connectivity index (χ3v) is 2.72. The minimum Gasteiger partial charge on any atom is -0.384 e. The zero-order chi connectivity index (χ0) is 13.5. The van der Waals surface area contributed by atoms with E-state index in [-0.39, 0.29) is 18.2 Å². The zero-order valence-corrected chi connectivity index (χ0v) is 11.8. The van der Waals surface area contributed by atoms with E-state index in [1.165, 1.54) is 0 Å². The molecule has 0 fully saturated rings. The second-order valence-corrected chi connectivity index (χ2v) is 4.21. The molecule has 2 aromatic rings. The summed E-state index contributed by atoms with van der Waals surface area (Å²) < 4.78 is 0. The van der Waals surface area contributed by atoms with Gasteiger partial charge in [-0.15, -0.1) is 12.4 Å². The molecule has 0 unspecified atom stereocenters.